The predicted octanol–water partition coefficient (Wildman–Crippen LogP) is 3.29. The van der Waals surface area contributed by atoms with E-state index in [2.05, 4.69) is 5.32 Å². The van der Waals surface area contributed by atoms with E-state index in [-0.39, 0.29) is 16.3 Å². The molecule has 1 N–H and O–H groups in total. The molecule has 1 fully saturated rings. The lowest BCUT2D eigenvalue weighted by Gasteiger charge is -2.12. The molecule has 0 bridgehead atoms. The summed E-state index contributed by atoms with van der Waals surface area (Å²) in [4.78, 5) is 48.5. The van der Waals surface area contributed by atoms with Gasteiger partial charge in [0.15, 0.2) is 5.75 Å². The van der Waals surface area contributed by atoms with Crippen LogP contribution in [-0.2, 0) is 9.59 Å². The predicted molar refractivity (Wildman–Crippen MR) is 114 cm³/mol. The van der Waals surface area contributed by atoms with Crippen molar-refractivity contribution in [3.05, 3.63) is 63.0 Å². The van der Waals surface area contributed by atoms with E-state index >= 15 is 0 Å². The van der Waals surface area contributed by atoms with Gasteiger partial charge in [-0.05, 0) is 53.7 Å². The van der Waals surface area contributed by atoms with E-state index in [9.17, 15) is 24.5 Å². The lowest BCUT2D eigenvalue weighted by Crippen LogP contribution is -2.36. The van der Waals surface area contributed by atoms with Crippen LogP contribution in [-0.4, -0.2) is 47.6 Å². The van der Waals surface area contributed by atoms with Crippen LogP contribution in [0.5, 0.6) is 11.5 Å². The first-order valence-corrected chi connectivity index (χ1v) is 9.65. The molecule has 0 spiro atoms. The van der Waals surface area contributed by atoms with Crippen molar-refractivity contribution in [2.24, 2.45) is 0 Å². The third-order valence-electron chi connectivity index (χ3n) is 4.25. The summed E-state index contributed by atoms with van der Waals surface area (Å²) >= 11 is 0.655. The summed E-state index contributed by atoms with van der Waals surface area (Å²) in [6, 6.07) is 10.7. The topological polar surface area (TPSA) is 128 Å². The van der Waals surface area contributed by atoms with Gasteiger partial charge in [-0.25, -0.2) is 0 Å². The Morgan fingerprint density at radius 1 is 1.16 bits per heavy atom. The molecule has 3 amide bonds. The largest absolute Gasteiger partial charge is 0.497 e. The summed E-state index contributed by atoms with van der Waals surface area (Å²) in [6.45, 7) is -0.462. The van der Waals surface area contributed by atoms with Crippen molar-refractivity contribution < 1.29 is 28.8 Å². The third-order valence-corrected chi connectivity index (χ3v) is 5.15. The number of hydrogen-bond donors (Lipinski definition) is 1. The second kappa shape index (κ2) is 9.30. The monoisotopic (exact) mass is 443 g/mol. The molecule has 11 heteroatoms. The summed E-state index contributed by atoms with van der Waals surface area (Å²) in [5.74, 6) is -0.509. The number of methoxy groups -OCH3 is 2. The molecule has 3 rings (SSSR count). The lowest BCUT2D eigenvalue weighted by molar-refractivity contribution is -0.385. The van der Waals surface area contributed by atoms with Crippen LogP contribution in [0.1, 0.15) is 5.56 Å². The van der Waals surface area contributed by atoms with Crippen LogP contribution in [0.25, 0.3) is 6.08 Å². The molecular formula is C20H17N3O7S. The van der Waals surface area contributed by atoms with Gasteiger partial charge in [-0.2, -0.15) is 0 Å². The maximum atomic E-state index is 12.6. The molecule has 0 unspecified atom stereocenters. The van der Waals surface area contributed by atoms with E-state index in [1.165, 1.54) is 38.5 Å². The first kappa shape index (κ1) is 21.8. The van der Waals surface area contributed by atoms with Crippen molar-refractivity contribution in [1.82, 2.24) is 4.90 Å². The normalized spacial score (nSPS) is 14.6. The Morgan fingerprint density at radius 3 is 2.48 bits per heavy atom. The van der Waals surface area contributed by atoms with Crippen LogP contribution < -0.4 is 14.8 Å². The van der Waals surface area contributed by atoms with Crippen LogP contribution in [0.4, 0.5) is 16.2 Å². The Labute approximate surface area is 181 Å². The Balaban J connectivity index is 1.72. The minimum Gasteiger partial charge on any atom is -0.497 e. The lowest BCUT2D eigenvalue weighted by atomic mass is 10.1. The molecule has 0 aromatic heterocycles. The van der Waals surface area contributed by atoms with E-state index in [0.29, 0.717) is 28.8 Å². The molecule has 0 radical (unpaired) electrons. The van der Waals surface area contributed by atoms with Crippen molar-refractivity contribution in [2.45, 2.75) is 0 Å². The van der Waals surface area contributed by atoms with Crippen LogP contribution in [0.3, 0.4) is 0 Å². The van der Waals surface area contributed by atoms with Gasteiger partial charge >= 0.3 is 5.69 Å². The summed E-state index contributed by atoms with van der Waals surface area (Å²) in [5.41, 5.74) is 0.564. The minimum absolute atomic E-state index is 0.0571. The average molecular weight is 443 g/mol. The van der Waals surface area contributed by atoms with Gasteiger partial charge in [-0.15, -0.1) is 0 Å². The Bertz CT molecular complexity index is 1080. The zero-order chi connectivity index (χ0) is 22.5. The number of benzene rings is 2. The standard InChI is InChI=1S/C20H17N3O7S/c1-29-14-6-4-13(5-7-14)21-18(24)11-22-19(25)17(31-20(22)26)10-12-3-8-16(30-2)15(9-12)23(27)28/h3-10H,11H2,1-2H3,(H,21,24)/b17-10+. The van der Waals surface area contributed by atoms with E-state index in [1.54, 1.807) is 24.3 Å². The van der Waals surface area contributed by atoms with Gasteiger partial charge in [0.1, 0.15) is 12.3 Å². The van der Waals surface area contributed by atoms with Gasteiger partial charge < -0.3 is 14.8 Å². The van der Waals surface area contributed by atoms with Gasteiger partial charge in [0.2, 0.25) is 5.91 Å². The highest BCUT2D eigenvalue weighted by Crippen LogP contribution is 2.34. The molecule has 31 heavy (non-hydrogen) atoms. The van der Waals surface area contributed by atoms with E-state index in [1.807, 2.05) is 0 Å². The van der Waals surface area contributed by atoms with Gasteiger partial charge in [-0.1, -0.05) is 6.07 Å². The van der Waals surface area contributed by atoms with E-state index in [0.717, 1.165) is 4.90 Å². The maximum absolute atomic E-state index is 12.6. The molecule has 1 saturated heterocycles. The number of anilines is 1. The Kier molecular flexibility index (Phi) is 6.55. The second-order valence-corrected chi connectivity index (χ2v) is 7.23. The molecule has 0 saturated carbocycles. The quantitative estimate of drug-likeness (QED) is 0.392. The smallest absolute Gasteiger partial charge is 0.311 e. The summed E-state index contributed by atoms with van der Waals surface area (Å²) in [5, 5.41) is 13.2. The molecule has 2 aromatic rings. The molecule has 160 valence electrons. The van der Waals surface area contributed by atoms with E-state index in [4.69, 9.17) is 9.47 Å². The summed E-state index contributed by atoms with van der Waals surface area (Å²) in [6.07, 6.45) is 1.36. The molecular weight excluding hydrogens is 426 g/mol. The van der Waals surface area contributed by atoms with Crippen LogP contribution in [0.2, 0.25) is 0 Å². The first-order valence-electron chi connectivity index (χ1n) is 8.84. The van der Waals surface area contributed by atoms with Crippen LogP contribution in [0, 0.1) is 10.1 Å². The zero-order valence-corrected chi connectivity index (χ0v) is 17.3. The van der Waals surface area contributed by atoms with Crippen molar-refractivity contribution in [1.29, 1.82) is 0 Å². The van der Waals surface area contributed by atoms with Crippen molar-refractivity contribution in [3.63, 3.8) is 0 Å². The van der Waals surface area contributed by atoms with Gasteiger partial charge in [-0.3, -0.25) is 29.4 Å². The highest BCUT2D eigenvalue weighted by Gasteiger charge is 2.36. The fraction of sp³-hybridized carbons (Fsp3) is 0.150. The number of imide groups is 1. The van der Waals surface area contributed by atoms with E-state index < -0.39 is 28.5 Å². The Hall–Kier alpha value is -3.86. The number of nitrogens with zero attached hydrogens (tertiary/aromatic N) is 2. The number of carbonyl (C=O) groups excluding carboxylic acids is 3. The van der Waals surface area contributed by atoms with Gasteiger partial charge in [0.25, 0.3) is 11.1 Å². The second-order valence-electron chi connectivity index (χ2n) is 6.23. The van der Waals surface area contributed by atoms with Gasteiger partial charge in [0, 0.05) is 11.8 Å². The molecule has 1 heterocycles. The Morgan fingerprint density at radius 2 is 1.87 bits per heavy atom. The number of rotatable bonds is 7. The van der Waals surface area contributed by atoms with Crippen LogP contribution >= 0.6 is 11.8 Å². The molecule has 10 nitrogen and oxygen atoms in total. The molecule has 0 atom stereocenters. The number of carbonyl (C=O) groups is 3. The minimum atomic E-state index is -0.654. The highest BCUT2D eigenvalue weighted by atomic mass is 32.2. The van der Waals surface area contributed by atoms with Gasteiger partial charge in [0.05, 0.1) is 24.0 Å². The third kappa shape index (κ3) is 5.01. The number of ether oxygens (including phenoxy) is 2. The maximum Gasteiger partial charge on any atom is 0.311 e. The van der Waals surface area contributed by atoms with Crippen molar-refractivity contribution in [3.8, 4) is 11.5 Å². The number of nitro groups is 1. The number of nitro benzene ring substituents is 1. The van der Waals surface area contributed by atoms with Crippen molar-refractivity contribution >= 4 is 46.3 Å². The SMILES string of the molecule is COc1ccc(NC(=O)CN2C(=O)S/C(=C/c3ccc(OC)c([N+](=O)[O-])c3)C2=O)cc1. The molecule has 2 aromatic carbocycles. The zero-order valence-electron chi connectivity index (χ0n) is 16.5. The summed E-state index contributed by atoms with van der Waals surface area (Å²) < 4.78 is 9.98. The fourth-order valence-corrected chi connectivity index (χ4v) is 3.58. The average Bonchev–Trinajstić information content (AvgIpc) is 3.01. The fourth-order valence-electron chi connectivity index (χ4n) is 2.75. The number of thioether (sulfide) groups is 1. The number of hydrogen-bond acceptors (Lipinski definition) is 8. The summed E-state index contributed by atoms with van der Waals surface area (Å²) in [7, 11) is 2.83. The molecule has 1 aliphatic heterocycles. The van der Waals surface area contributed by atoms with Crippen molar-refractivity contribution in [2.75, 3.05) is 26.1 Å². The molecule has 0 aliphatic carbocycles. The highest BCUT2D eigenvalue weighted by molar-refractivity contribution is 8.18. The first-order chi connectivity index (χ1) is 14.8. The molecule has 1 aliphatic rings. The van der Waals surface area contributed by atoms with Crippen LogP contribution in [0.15, 0.2) is 47.4 Å². The number of nitrogens with one attached hydrogen (secondary N) is 1. The number of amides is 3.